The van der Waals surface area contributed by atoms with Crippen LogP contribution < -0.4 is 0 Å². The number of carboxylic acid groups (broad SMARTS) is 1. The van der Waals surface area contributed by atoms with E-state index in [1.807, 2.05) is 16.5 Å². The van der Waals surface area contributed by atoms with Crippen molar-refractivity contribution in [3.8, 4) is 0 Å². The second-order valence-electron chi connectivity index (χ2n) is 7.94. The highest BCUT2D eigenvalue weighted by Crippen LogP contribution is 2.37. The molecule has 7 heteroatoms. The van der Waals surface area contributed by atoms with E-state index in [1.165, 1.54) is 17.7 Å². The minimum Gasteiger partial charge on any atom is -0.481 e. The number of carboxylic acids is 1. The molecule has 0 radical (unpaired) electrons. The highest BCUT2D eigenvalue weighted by Gasteiger charge is 2.37. The maximum Gasteiger partial charge on any atom is 0.306 e. The fourth-order valence-corrected chi connectivity index (χ4v) is 4.26. The van der Waals surface area contributed by atoms with Crippen LogP contribution in [0.25, 0.3) is 0 Å². The van der Waals surface area contributed by atoms with Gasteiger partial charge in [0.1, 0.15) is 5.82 Å². The largest absolute Gasteiger partial charge is 0.481 e. The second-order valence-corrected chi connectivity index (χ2v) is 7.94. The van der Waals surface area contributed by atoms with Gasteiger partial charge in [-0.15, -0.1) is 0 Å². The van der Waals surface area contributed by atoms with Gasteiger partial charge in [0.05, 0.1) is 30.4 Å². The summed E-state index contributed by atoms with van der Waals surface area (Å²) in [7, 11) is 0. The molecule has 1 N–H and O–H groups in total. The summed E-state index contributed by atoms with van der Waals surface area (Å²) >= 11 is 0. The summed E-state index contributed by atoms with van der Waals surface area (Å²) in [6, 6.07) is 6.38. The van der Waals surface area contributed by atoms with Gasteiger partial charge in [0.25, 0.3) is 0 Å². The minimum atomic E-state index is -0.758. The SMILES string of the molecule is Cc1nn(Cc2ccc(F)cc2)c2c1CCN(C(=O)CC1CC(C(=O)O)C1)C2. The highest BCUT2D eigenvalue weighted by molar-refractivity contribution is 5.78. The summed E-state index contributed by atoms with van der Waals surface area (Å²) in [5.41, 5.74) is 4.18. The fourth-order valence-electron chi connectivity index (χ4n) is 4.26. The maximum atomic E-state index is 13.2. The summed E-state index contributed by atoms with van der Waals surface area (Å²) in [4.78, 5) is 25.5. The van der Waals surface area contributed by atoms with E-state index in [2.05, 4.69) is 5.10 Å². The molecule has 1 aromatic carbocycles. The van der Waals surface area contributed by atoms with Gasteiger partial charge in [0.15, 0.2) is 0 Å². The molecule has 0 saturated heterocycles. The molecule has 0 spiro atoms. The number of aliphatic carboxylic acids is 1. The van der Waals surface area contributed by atoms with Crippen LogP contribution in [0.15, 0.2) is 24.3 Å². The average molecular weight is 385 g/mol. The standard InChI is InChI=1S/C21H24FN3O3/c1-13-18-6-7-24(20(26)10-15-8-16(9-15)21(27)28)12-19(18)25(23-13)11-14-2-4-17(22)5-3-14/h2-5,15-16H,6-12H2,1H3,(H,27,28). The van der Waals surface area contributed by atoms with E-state index < -0.39 is 5.97 Å². The molecule has 4 rings (SSSR count). The second kappa shape index (κ2) is 7.37. The molecular weight excluding hydrogens is 361 g/mol. The Morgan fingerprint density at radius 3 is 2.64 bits per heavy atom. The molecule has 2 heterocycles. The van der Waals surface area contributed by atoms with Gasteiger partial charge < -0.3 is 10.0 Å². The van der Waals surface area contributed by atoms with Crippen molar-refractivity contribution < 1.29 is 19.1 Å². The van der Waals surface area contributed by atoms with E-state index >= 15 is 0 Å². The number of hydrogen-bond acceptors (Lipinski definition) is 3. The van der Waals surface area contributed by atoms with Gasteiger partial charge in [-0.25, -0.2) is 4.39 Å². The van der Waals surface area contributed by atoms with Crippen molar-refractivity contribution in [2.24, 2.45) is 11.8 Å². The number of aromatic nitrogens is 2. The number of carbonyl (C=O) groups is 2. The Morgan fingerprint density at radius 2 is 1.96 bits per heavy atom. The highest BCUT2D eigenvalue weighted by atomic mass is 19.1. The zero-order chi connectivity index (χ0) is 19.8. The van der Waals surface area contributed by atoms with Gasteiger partial charge in [0, 0.05) is 13.0 Å². The van der Waals surface area contributed by atoms with Gasteiger partial charge in [-0.2, -0.15) is 5.10 Å². The van der Waals surface area contributed by atoms with Crippen LogP contribution in [0.5, 0.6) is 0 Å². The molecule has 1 saturated carbocycles. The Labute approximate surface area is 163 Å². The third-order valence-corrected chi connectivity index (χ3v) is 5.99. The van der Waals surface area contributed by atoms with Crippen LogP contribution in [0.2, 0.25) is 0 Å². The number of carbonyl (C=O) groups excluding carboxylic acids is 1. The third kappa shape index (κ3) is 3.66. The lowest BCUT2D eigenvalue weighted by atomic mass is 9.73. The van der Waals surface area contributed by atoms with Crippen LogP contribution in [0, 0.1) is 24.6 Å². The molecule has 148 valence electrons. The number of fused-ring (bicyclic) bond motifs is 1. The number of aryl methyl sites for hydroxylation is 1. The van der Waals surface area contributed by atoms with Crippen molar-refractivity contribution in [2.75, 3.05) is 6.54 Å². The van der Waals surface area contributed by atoms with E-state index in [0.717, 1.165) is 23.4 Å². The first kappa shape index (κ1) is 18.7. The Morgan fingerprint density at radius 1 is 1.25 bits per heavy atom. The van der Waals surface area contributed by atoms with Crippen LogP contribution in [-0.4, -0.2) is 38.2 Å². The predicted molar refractivity (Wildman–Crippen MR) is 100 cm³/mol. The van der Waals surface area contributed by atoms with Crippen molar-refractivity contribution in [3.05, 3.63) is 52.6 Å². The molecule has 2 aliphatic rings. The normalized spacial score (nSPS) is 21.1. The van der Waals surface area contributed by atoms with Crippen molar-refractivity contribution >= 4 is 11.9 Å². The molecule has 6 nitrogen and oxygen atoms in total. The number of halogens is 1. The number of hydrogen-bond donors (Lipinski definition) is 1. The van der Waals surface area contributed by atoms with Crippen molar-refractivity contribution in [3.63, 3.8) is 0 Å². The molecule has 1 fully saturated rings. The smallest absolute Gasteiger partial charge is 0.306 e. The Balaban J connectivity index is 1.43. The molecule has 28 heavy (non-hydrogen) atoms. The quantitative estimate of drug-likeness (QED) is 0.859. The lowest BCUT2D eigenvalue weighted by Gasteiger charge is -2.34. The van der Waals surface area contributed by atoms with E-state index in [9.17, 15) is 14.0 Å². The van der Waals surface area contributed by atoms with Gasteiger partial charge in [-0.1, -0.05) is 12.1 Å². The first-order valence-corrected chi connectivity index (χ1v) is 9.71. The first-order valence-electron chi connectivity index (χ1n) is 9.71. The monoisotopic (exact) mass is 385 g/mol. The summed E-state index contributed by atoms with van der Waals surface area (Å²) in [6.07, 6.45) is 2.40. The van der Waals surface area contributed by atoms with E-state index in [1.54, 1.807) is 12.1 Å². The summed E-state index contributed by atoms with van der Waals surface area (Å²) in [5.74, 6) is -1.04. The molecule has 1 amide bonds. The number of rotatable bonds is 5. The number of nitrogens with zero attached hydrogens (tertiary/aromatic N) is 3. The lowest BCUT2D eigenvalue weighted by Crippen LogP contribution is -2.40. The minimum absolute atomic E-state index is 0.0895. The number of benzene rings is 1. The van der Waals surface area contributed by atoms with E-state index in [0.29, 0.717) is 38.9 Å². The molecule has 2 aromatic rings. The van der Waals surface area contributed by atoms with Gasteiger partial charge >= 0.3 is 5.97 Å². The molecular formula is C21H24FN3O3. The summed E-state index contributed by atoms with van der Waals surface area (Å²) in [5, 5.41) is 13.6. The summed E-state index contributed by atoms with van der Waals surface area (Å²) in [6.45, 7) is 3.72. The van der Waals surface area contributed by atoms with E-state index in [4.69, 9.17) is 5.11 Å². The Kier molecular flexibility index (Phi) is 4.91. The van der Waals surface area contributed by atoms with Crippen molar-refractivity contribution in [2.45, 2.75) is 45.7 Å². The zero-order valence-corrected chi connectivity index (χ0v) is 15.9. The molecule has 0 atom stereocenters. The van der Waals surface area contributed by atoms with Crippen molar-refractivity contribution in [1.82, 2.24) is 14.7 Å². The van der Waals surface area contributed by atoms with Gasteiger partial charge in [-0.05, 0) is 55.4 Å². The predicted octanol–water partition coefficient (Wildman–Crippen LogP) is 2.76. The Hall–Kier alpha value is -2.70. The van der Waals surface area contributed by atoms with Crippen LogP contribution in [0.4, 0.5) is 4.39 Å². The number of amides is 1. The topological polar surface area (TPSA) is 75.4 Å². The molecule has 0 bridgehead atoms. The third-order valence-electron chi connectivity index (χ3n) is 5.99. The fraction of sp³-hybridized carbons (Fsp3) is 0.476. The zero-order valence-electron chi connectivity index (χ0n) is 15.9. The van der Waals surface area contributed by atoms with E-state index in [-0.39, 0.29) is 23.6 Å². The Bertz CT molecular complexity index is 900. The van der Waals surface area contributed by atoms with Crippen LogP contribution in [0.1, 0.15) is 41.8 Å². The van der Waals surface area contributed by atoms with Crippen molar-refractivity contribution in [1.29, 1.82) is 0 Å². The van der Waals surface area contributed by atoms with Crippen LogP contribution in [0.3, 0.4) is 0 Å². The van der Waals surface area contributed by atoms with Crippen LogP contribution in [-0.2, 0) is 29.1 Å². The molecule has 0 unspecified atom stereocenters. The van der Waals surface area contributed by atoms with Gasteiger partial charge in [-0.3, -0.25) is 14.3 Å². The lowest BCUT2D eigenvalue weighted by molar-refractivity contribution is -0.148. The first-order chi connectivity index (χ1) is 13.4. The van der Waals surface area contributed by atoms with Gasteiger partial charge in [0.2, 0.25) is 5.91 Å². The molecule has 1 aromatic heterocycles. The summed E-state index contributed by atoms with van der Waals surface area (Å²) < 4.78 is 15.1. The molecule has 1 aliphatic carbocycles. The molecule has 1 aliphatic heterocycles. The maximum absolute atomic E-state index is 13.2. The average Bonchev–Trinajstić information content (AvgIpc) is 2.94. The van der Waals surface area contributed by atoms with Crippen LogP contribution >= 0.6 is 0 Å².